The van der Waals surface area contributed by atoms with Gasteiger partial charge in [0.15, 0.2) is 11.5 Å². The molecule has 1 aliphatic carbocycles. The van der Waals surface area contributed by atoms with Gasteiger partial charge in [-0.25, -0.2) is 4.98 Å². The molecule has 1 aromatic heterocycles. The van der Waals surface area contributed by atoms with Gasteiger partial charge in [-0.2, -0.15) is 0 Å². The first-order valence-corrected chi connectivity index (χ1v) is 10.2. The molecule has 7 heteroatoms. The number of ether oxygens (including phenoxy) is 3. The second kappa shape index (κ2) is 7.29. The van der Waals surface area contributed by atoms with Crippen LogP contribution in [-0.4, -0.2) is 51.6 Å². The third-order valence-corrected chi connectivity index (χ3v) is 6.23. The summed E-state index contributed by atoms with van der Waals surface area (Å²) in [6.07, 6.45) is 5.08. The van der Waals surface area contributed by atoms with E-state index < -0.39 is 6.10 Å². The number of aliphatic hydroxyl groups is 1. The molecule has 2 fully saturated rings. The van der Waals surface area contributed by atoms with Gasteiger partial charge in [-0.15, -0.1) is 0 Å². The Hall–Kier alpha value is -2.25. The quantitative estimate of drug-likeness (QED) is 0.852. The number of benzene rings is 1. The molecule has 1 aromatic carbocycles. The van der Waals surface area contributed by atoms with Crippen molar-refractivity contribution in [2.45, 2.75) is 45.1 Å². The number of aliphatic hydroxyl groups excluding tert-OH is 1. The molecule has 0 amide bonds. The van der Waals surface area contributed by atoms with E-state index in [1.807, 2.05) is 24.5 Å². The highest BCUT2D eigenvalue weighted by Crippen LogP contribution is 2.40. The number of fused-ring (bicyclic) bond motifs is 2. The lowest BCUT2D eigenvalue weighted by Crippen LogP contribution is -2.42. The average Bonchev–Trinajstić information content (AvgIpc) is 3.41. The van der Waals surface area contributed by atoms with Gasteiger partial charge >= 0.3 is 0 Å². The molecule has 5 rings (SSSR count). The lowest BCUT2D eigenvalue weighted by atomic mass is 9.78. The molecule has 0 spiro atoms. The summed E-state index contributed by atoms with van der Waals surface area (Å²) in [5.74, 6) is 3.26. The van der Waals surface area contributed by atoms with Crippen molar-refractivity contribution in [1.29, 1.82) is 0 Å². The number of hydrogen-bond donors (Lipinski definition) is 1. The van der Waals surface area contributed by atoms with Gasteiger partial charge in [0.25, 0.3) is 0 Å². The molecule has 4 atom stereocenters. The van der Waals surface area contributed by atoms with Crippen LogP contribution in [0.25, 0.3) is 0 Å². The molecule has 3 heterocycles. The Balaban J connectivity index is 1.21. The largest absolute Gasteiger partial charge is 0.488 e. The second-order valence-electron chi connectivity index (χ2n) is 8.12. The highest BCUT2D eigenvalue weighted by Gasteiger charge is 2.42. The standard InChI is InChI=1S/C21H27N3O4/c1-2-23-10-16(22-12-23)11-24-8-14-5-18(25)20(6-15(14)9-24)28-17-3-4-19-21(7-17)27-13-26-19/h3-4,7,10,12,14-15,18,20,25H,2,5-6,8-9,11,13H2,1H3/t14-,15+,18+,20+/m0/s1. The molecule has 0 unspecified atom stereocenters. The number of likely N-dealkylation sites (tertiary alicyclic amines) is 1. The molecule has 0 bridgehead atoms. The zero-order valence-corrected chi connectivity index (χ0v) is 16.2. The van der Waals surface area contributed by atoms with E-state index in [0.717, 1.165) is 56.2 Å². The van der Waals surface area contributed by atoms with Gasteiger partial charge in [-0.1, -0.05) is 0 Å². The van der Waals surface area contributed by atoms with Crippen molar-refractivity contribution in [3.05, 3.63) is 36.4 Å². The summed E-state index contributed by atoms with van der Waals surface area (Å²) in [6.45, 7) is 6.26. The Labute approximate surface area is 164 Å². The summed E-state index contributed by atoms with van der Waals surface area (Å²) in [7, 11) is 0. The van der Waals surface area contributed by atoms with E-state index in [1.54, 1.807) is 0 Å². The molecule has 0 radical (unpaired) electrons. The van der Waals surface area contributed by atoms with E-state index in [4.69, 9.17) is 14.2 Å². The van der Waals surface area contributed by atoms with Crippen molar-refractivity contribution in [3.8, 4) is 17.2 Å². The maximum atomic E-state index is 10.7. The van der Waals surface area contributed by atoms with Crippen molar-refractivity contribution in [2.24, 2.45) is 11.8 Å². The van der Waals surface area contributed by atoms with Crippen LogP contribution in [0.5, 0.6) is 17.2 Å². The van der Waals surface area contributed by atoms with E-state index in [1.165, 1.54) is 0 Å². The molecule has 28 heavy (non-hydrogen) atoms. The van der Waals surface area contributed by atoms with Gasteiger partial charge < -0.3 is 23.9 Å². The number of aryl methyl sites for hydroxylation is 1. The zero-order chi connectivity index (χ0) is 19.1. The topological polar surface area (TPSA) is 69.0 Å². The Morgan fingerprint density at radius 1 is 1.18 bits per heavy atom. The first-order valence-electron chi connectivity index (χ1n) is 10.2. The second-order valence-corrected chi connectivity index (χ2v) is 8.12. The highest BCUT2D eigenvalue weighted by atomic mass is 16.7. The molecule has 150 valence electrons. The van der Waals surface area contributed by atoms with Crippen LogP contribution in [0.1, 0.15) is 25.5 Å². The number of hydrogen-bond acceptors (Lipinski definition) is 6. The molecule has 7 nitrogen and oxygen atoms in total. The SMILES string of the molecule is CCn1cnc(CN2C[C@H]3C[C@@H](Oc4ccc5c(c4)OCO5)[C@H](O)C[C@H]3C2)c1. The van der Waals surface area contributed by atoms with Crippen molar-refractivity contribution in [1.82, 2.24) is 14.5 Å². The van der Waals surface area contributed by atoms with Gasteiger partial charge in [-0.3, -0.25) is 4.90 Å². The molecule has 2 aromatic rings. The number of aromatic nitrogens is 2. The average molecular weight is 385 g/mol. The minimum absolute atomic E-state index is 0.180. The molecule has 2 aliphatic heterocycles. The summed E-state index contributed by atoms with van der Waals surface area (Å²) < 4.78 is 19.0. The first-order chi connectivity index (χ1) is 13.7. The van der Waals surface area contributed by atoms with Gasteiger partial charge in [0.2, 0.25) is 6.79 Å². The summed E-state index contributed by atoms with van der Waals surface area (Å²) in [4.78, 5) is 6.97. The Kier molecular flexibility index (Phi) is 4.64. The third kappa shape index (κ3) is 3.44. The number of rotatable bonds is 5. The molecule has 3 aliphatic rings. The minimum atomic E-state index is -0.439. The maximum absolute atomic E-state index is 10.7. The predicted molar refractivity (Wildman–Crippen MR) is 102 cm³/mol. The summed E-state index contributed by atoms with van der Waals surface area (Å²) in [5.41, 5.74) is 1.12. The van der Waals surface area contributed by atoms with E-state index in [9.17, 15) is 5.11 Å². The van der Waals surface area contributed by atoms with Crippen LogP contribution in [-0.2, 0) is 13.1 Å². The number of imidazole rings is 1. The molecule has 1 N–H and O–H groups in total. The molecular formula is C21H27N3O4. The highest BCUT2D eigenvalue weighted by molar-refractivity contribution is 5.47. The van der Waals surface area contributed by atoms with Crippen LogP contribution in [0.4, 0.5) is 0 Å². The fourth-order valence-corrected chi connectivity index (χ4v) is 4.76. The summed E-state index contributed by atoms with van der Waals surface area (Å²) in [6, 6.07) is 5.60. The van der Waals surface area contributed by atoms with Crippen LogP contribution < -0.4 is 14.2 Å². The van der Waals surface area contributed by atoms with E-state index in [0.29, 0.717) is 17.6 Å². The van der Waals surface area contributed by atoms with Gasteiger partial charge in [0.1, 0.15) is 11.9 Å². The Bertz CT molecular complexity index is 839. The monoisotopic (exact) mass is 385 g/mol. The zero-order valence-electron chi connectivity index (χ0n) is 16.2. The van der Waals surface area contributed by atoms with Crippen LogP contribution in [0, 0.1) is 11.8 Å². The predicted octanol–water partition coefficient (Wildman–Crippen LogP) is 2.28. The van der Waals surface area contributed by atoms with Gasteiger partial charge in [-0.05, 0) is 43.7 Å². The van der Waals surface area contributed by atoms with Gasteiger partial charge in [0.05, 0.1) is 18.1 Å². The maximum Gasteiger partial charge on any atom is 0.231 e. The normalized spacial score (nSPS) is 29.1. The molecule has 1 saturated heterocycles. The number of nitrogens with zero attached hydrogens (tertiary/aromatic N) is 3. The lowest BCUT2D eigenvalue weighted by molar-refractivity contribution is -0.0232. The van der Waals surface area contributed by atoms with Crippen LogP contribution >= 0.6 is 0 Å². The van der Waals surface area contributed by atoms with Crippen molar-refractivity contribution in [3.63, 3.8) is 0 Å². The van der Waals surface area contributed by atoms with Crippen LogP contribution in [0.15, 0.2) is 30.7 Å². The van der Waals surface area contributed by atoms with Crippen LogP contribution in [0.2, 0.25) is 0 Å². The van der Waals surface area contributed by atoms with E-state index >= 15 is 0 Å². The first kappa shape index (κ1) is 17.8. The van der Waals surface area contributed by atoms with Crippen molar-refractivity contribution in [2.75, 3.05) is 19.9 Å². The van der Waals surface area contributed by atoms with E-state index in [-0.39, 0.29) is 12.9 Å². The van der Waals surface area contributed by atoms with Crippen LogP contribution in [0.3, 0.4) is 0 Å². The molecular weight excluding hydrogens is 358 g/mol. The Morgan fingerprint density at radius 3 is 2.82 bits per heavy atom. The summed E-state index contributed by atoms with van der Waals surface area (Å²) >= 11 is 0. The minimum Gasteiger partial charge on any atom is -0.488 e. The molecule has 1 saturated carbocycles. The fraction of sp³-hybridized carbons (Fsp3) is 0.571. The summed E-state index contributed by atoms with van der Waals surface area (Å²) in [5, 5.41) is 10.7. The van der Waals surface area contributed by atoms with E-state index in [2.05, 4.69) is 27.6 Å². The van der Waals surface area contributed by atoms with Gasteiger partial charge in [0, 0.05) is 38.4 Å². The lowest BCUT2D eigenvalue weighted by Gasteiger charge is -2.35. The third-order valence-electron chi connectivity index (χ3n) is 6.23. The smallest absolute Gasteiger partial charge is 0.231 e. The van der Waals surface area contributed by atoms with Crippen molar-refractivity contribution >= 4 is 0 Å². The van der Waals surface area contributed by atoms with Crippen molar-refractivity contribution < 1.29 is 19.3 Å². The fourth-order valence-electron chi connectivity index (χ4n) is 4.76. The Morgan fingerprint density at radius 2 is 2.00 bits per heavy atom.